The molecule has 26 heavy (non-hydrogen) atoms. The molecule has 2 rings (SSSR count). The molecule has 1 atom stereocenters. The predicted octanol–water partition coefficient (Wildman–Crippen LogP) is 5.72. The maximum Gasteiger partial charge on any atom is 0.416 e. The standard InChI is InChI=1S/C17H23ClF4N2.2ClH/c1-11(2)3-6-14(24-9-7-23-8-10-24)15-12(17(20,21)22)4-5-13(18)16(15)19;;/h4-5,11,14,23H,3,6-10H2,1-2H3;2*1H/t14-;;/m1../s1. The topological polar surface area (TPSA) is 15.3 Å². The molecule has 9 heteroatoms. The Hall–Kier alpha value is -0.270. The highest BCUT2D eigenvalue weighted by molar-refractivity contribution is 6.30. The lowest BCUT2D eigenvalue weighted by Gasteiger charge is -2.37. The van der Waals surface area contributed by atoms with Crippen molar-refractivity contribution < 1.29 is 17.6 Å². The minimum atomic E-state index is -4.61. The average molecular weight is 440 g/mol. The summed E-state index contributed by atoms with van der Waals surface area (Å²) in [6.07, 6.45) is -3.42. The fourth-order valence-electron chi connectivity index (χ4n) is 3.13. The number of hydrogen-bond acceptors (Lipinski definition) is 2. The quantitative estimate of drug-likeness (QED) is 0.590. The smallest absolute Gasteiger partial charge is 0.314 e. The third-order valence-electron chi connectivity index (χ3n) is 4.38. The summed E-state index contributed by atoms with van der Waals surface area (Å²) >= 11 is 5.81. The van der Waals surface area contributed by atoms with Gasteiger partial charge in [0.2, 0.25) is 0 Å². The first-order chi connectivity index (χ1) is 11.2. The van der Waals surface area contributed by atoms with E-state index in [-0.39, 0.29) is 35.4 Å². The van der Waals surface area contributed by atoms with Crippen LogP contribution in [0.5, 0.6) is 0 Å². The summed E-state index contributed by atoms with van der Waals surface area (Å²) in [7, 11) is 0. The van der Waals surface area contributed by atoms with Crippen LogP contribution in [0, 0.1) is 11.7 Å². The van der Waals surface area contributed by atoms with Crippen molar-refractivity contribution >= 4 is 36.4 Å². The van der Waals surface area contributed by atoms with Crippen LogP contribution in [0.15, 0.2) is 12.1 Å². The number of nitrogens with zero attached hydrogens (tertiary/aromatic N) is 1. The zero-order valence-corrected chi connectivity index (χ0v) is 17.1. The van der Waals surface area contributed by atoms with Gasteiger partial charge in [0.1, 0.15) is 5.82 Å². The number of alkyl halides is 3. The average Bonchev–Trinajstić information content (AvgIpc) is 2.51. The number of benzene rings is 1. The van der Waals surface area contributed by atoms with Crippen molar-refractivity contribution in [1.82, 2.24) is 10.2 Å². The second-order valence-electron chi connectivity index (χ2n) is 6.59. The Bertz CT molecular complexity index is 562. The molecule has 1 aliphatic rings. The number of hydrogen-bond donors (Lipinski definition) is 1. The van der Waals surface area contributed by atoms with E-state index in [9.17, 15) is 17.6 Å². The lowest BCUT2D eigenvalue weighted by Crippen LogP contribution is -2.45. The highest BCUT2D eigenvalue weighted by Crippen LogP contribution is 2.41. The minimum absolute atomic E-state index is 0. The van der Waals surface area contributed by atoms with Crippen molar-refractivity contribution in [2.75, 3.05) is 26.2 Å². The molecule has 1 N–H and O–H groups in total. The van der Waals surface area contributed by atoms with E-state index in [0.29, 0.717) is 38.5 Å². The third kappa shape index (κ3) is 6.41. The van der Waals surface area contributed by atoms with Gasteiger partial charge < -0.3 is 5.32 Å². The van der Waals surface area contributed by atoms with Crippen molar-refractivity contribution in [3.8, 4) is 0 Å². The van der Waals surface area contributed by atoms with E-state index in [2.05, 4.69) is 5.32 Å². The lowest BCUT2D eigenvalue weighted by atomic mass is 9.91. The monoisotopic (exact) mass is 438 g/mol. The third-order valence-corrected chi connectivity index (χ3v) is 4.67. The summed E-state index contributed by atoms with van der Waals surface area (Å²) in [5.74, 6) is -0.620. The molecule has 0 bridgehead atoms. The highest BCUT2D eigenvalue weighted by atomic mass is 35.5. The van der Waals surface area contributed by atoms with E-state index in [1.54, 1.807) is 0 Å². The minimum Gasteiger partial charge on any atom is -0.314 e. The van der Waals surface area contributed by atoms with Crippen molar-refractivity contribution in [3.05, 3.63) is 34.1 Å². The van der Waals surface area contributed by atoms with Crippen LogP contribution in [0.25, 0.3) is 0 Å². The van der Waals surface area contributed by atoms with Gasteiger partial charge in [-0.2, -0.15) is 13.2 Å². The van der Waals surface area contributed by atoms with Crippen molar-refractivity contribution in [2.24, 2.45) is 5.92 Å². The zero-order chi connectivity index (χ0) is 17.9. The Kier molecular flexibility index (Phi) is 10.8. The van der Waals surface area contributed by atoms with Crippen LogP contribution in [0.2, 0.25) is 5.02 Å². The molecule has 0 amide bonds. The molecule has 1 saturated heterocycles. The molecule has 1 heterocycles. The van der Waals surface area contributed by atoms with E-state index in [4.69, 9.17) is 11.6 Å². The van der Waals surface area contributed by atoms with Crippen LogP contribution in [-0.2, 0) is 6.18 Å². The van der Waals surface area contributed by atoms with Gasteiger partial charge in [0.05, 0.1) is 10.6 Å². The van der Waals surface area contributed by atoms with E-state index in [1.165, 1.54) is 0 Å². The Morgan fingerprint density at radius 3 is 2.19 bits per heavy atom. The summed E-state index contributed by atoms with van der Waals surface area (Å²) in [6.45, 7) is 6.56. The summed E-state index contributed by atoms with van der Waals surface area (Å²) in [4.78, 5) is 1.93. The summed E-state index contributed by atoms with van der Waals surface area (Å²) < 4.78 is 55.0. The molecule has 1 aromatic carbocycles. The van der Waals surface area contributed by atoms with Crippen LogP contribution in [0.1, 0.15) is 43.9 Å². The van der Waals surface area contributed by atoms with Gasteiger partial charge in [-0.25, -0.2) is 4.39 Å². The number of halogens is 7. The molecule has 0 radical (unpaired) electrons. The fourth-order valence-corrected chi connectivity index (χ4v) is 3.30. The molecular weight excluding hydrogens is 415 g/mol. The van der Waals surface area contributed by atoms with Crippen molar-refractivity contribution in [3.63, 3.8) is 0 Å². The van der Waals surface area contributed by atoms with Gasteiger partial charge in [-0.15, -0.1) is 24.8 Å². The first-order valence-corrected chi connectivity index (χ1v) is 8.59. The van der Waals surface area contributed by atoms with Crippen LogP contribution < -0.4 is 5.32 Å². The highest BCUT2D eigenvalue weighted by Gasteiger charge is 2.39. The maximum absolute atomic E-state index is 14.6. The molecule has 1 aromatic rings. The Morgan fingerprint density at radius 2 is 1.69 bits per heavy atom. The molecule has 1 fully saturated rings. The van der Waals surface area contributed by atoms with Gasteiger partial charge in [-0.05, 0) is 30.9 Å². The van der Waals surface area contributed by atoms with Crippen LogP contribution in [0.4, 0.5) is 17.6 Å². The van der Waals surface area contributed by atoms with Gasteiger partial charge in [0.25, 0.3) is 0 Å². The molecule has 0 unspecified atom stereocenters. The Labute approximate surface area is 169 Å². The molecule has 0 aliphatic carbocycles. The lowest BCUT2D eigenvalue weighted by molar-refractivity contribution is -0.139. The van der Waals surface area contributed by atoms with Crippen molar-refractivity contribution in [1.29, 1.82) is 0 Å². The fraction of sp³-hybridized carbons (Fsp3) is 0.647. The molecule has 0 saturated carbocycles. The van der Waals surface area contributed by atoms with Crippen LogP contribution in [-0.4, -0.2) is 31.1 Å². The second kappa shape index (κ2) is 10.9. The van der Waals surface area contributed by atoms with E-state index in [1.807, 2.05) is 18.7 Å². The molecule has 152 valence electrons. The Morgan fingerprint density at radius 1 is 1.12 bits per heavy atom. The molecule has 0 aromatic heterocycles. The van der Waals surface area contributed by atoms with Crippen LogP contribution >= 0.6 is 36.4 Å². The number of nitrogens with one attached hydrogen (secondary N) is 1. The van der Waals surface area contributed by atoms with Crippen molar-refractivity contribution in [2.45, 2.75) is 38.9 Å². The number of piperazine rings is 1. The summed E-state index contributed by atoms with van der Waals surface area (Å²) in [6, 6.07) is 1.26. The Balaban J connectivity index is 0.00000312. The second-order valence-corrected chi connectivity index (χ2v) is 7.00. The predicted molar refractivity (Wildman–Crippen MR) is 102 cm³/mol. The first kappa shape index (κ1) is 25.7. The van der Waals surface area contributed by atoms with E-state index >= 15 is 0 Å². The summed E-state index contributed by atoms with van der Waals surface area (Å²) in [5, 5.41) is 2.91. The zero-order valence-electron chi connectivity index (χ0n) is 14.7. The van der Waals surface area contributed by atoms with Gasteiger partial charge in [-0.3, -0.25) is 4.90 Å². The molecular formula is C17H25Cl3F4N2. The van der Waals surface area contributed by atoms with E-state index < -0.39 is 23.6 Å². The van der Waals surface area contributed by atoms with Crippen LogP contribution in [0.3, 0.4) is 0 Å². The normalized spacial score (nSPS) is 16.8. The molecule has 2 nitrogen and oxygen atoms in total. The largest absolute Gasteiger partial charge is 0.416 e. The SMILES string of the molecule is CC(C)CC[C@H](c1c(C(F)(F)F)ccc(Cl)c1F)N1CCNCC1.Cl.Cl. The van der Waals surface area contributed by atoms with Gasteiger partial charge in [0, 0.05) is 37.8 Å². The first-order valence-electron chi connectivity index (χ1n) is 8.21. The number of rotatable bonds is 5. The van der Waals surface area contributed by atoms with E-state index in [0.717, 1.165) is 18.6 Å². The summed E-state index contributed by atoms with van der Waals surface area (Å²) in [5.41, 5.74) is -1.23. The van der Waals surface area contributed by atoms with Gasteiger partial charge in [0.15, 0.2) is 0 Å². The molecule has 1 aliphatic heterocycles. The van der Waals surface area contributed by atoms with Gasteiger partial charge >= 0.3 is 6.18 Å². The maximum atomic E-state index is 14.6. The van der Waals surface area contributed by atoms with Gasteiger partial charge in [-0.1, -0.05) is 25.4 Å². The molecule has 0 spiro atoms.